The Kier molecular flexibility index (Phi) is 9.15. The van der Waals surface area contributed by atoms with Crippen molar-refractivity contribution in [2.75, 3.05) is 25.1 Å². The van der Waals surface area contributed by atoms with E-state index in [0.717, 1.165) is 17.1 Å². The van der Waals surface area contributed by atoms with Crippen LogP contribution in [0.1, 0.15) is 38.9 Å². The van der Waals surface area contributed by atoms with Crippen molar-refractivity contribution >= 4 is 40.6 Å². The highest BCUT2D eigenvalue weighted by Crippen LogP contribution is 2.28. The lowest BCUT2D eigenvalue weighted by molar-refractivity contribution is 0.0943. The number of hydrogen-bond acceptors (Lipinski definition) is 5. The SMILES string of the molecule is CCOCCCNC(=O)c1cccc(NC(=O)c2ccccc2SCc2cccs2)c1. The van der Waals surface area contributed by atoms with Crippen LogP contribution in [0.4, 0.5) is 5.69 Å². The summed E-state index contributed by atoms with van der Waals surface area (Å²) in [5.41, 5.74) is 1.72. The molecule has 7 heteroatoms. The van der Waals surface area contributed by atoms with Crippen LogP contribution in [0.15, 0.2) is 70.9 Å². The van der Waals surface area contributed by atoms with Crippen LogP contribution >= 0.6 is 23.1 Å². The van der Waals surface area contributed by atoms with E-state index in [9.17, 15) is 9.59 Å². The Morgan fingerprint density at radius 3 is 2.71 bits per heavy atom. The van der Waals surface area contributed by atoms with Crippen LogP contribution in [-0.2, 0) is 10.5 Å². The zero-order valence-electron chi connectivity index (χ0n) is 17.4. The fourth-order valence-electron chi connectivity index (χ4n) is 2.88. The molecule has 3 rings (SSSR count). The van der Waals surface area contributed by atoms with Gasteiger partial charge in [0.2, 0.25) is 0 Å². The lowest BCUT2D eigenvalue weighted by atomic mass is 10.1. The van der Waals surface area contributed by atoms with Crippen LogP contribution in [0.5, 0.6) is 0 Å². The third kappa shape index (κ3) is 7.24. The summed E-state index contributed by atoms with van der Waals surface area (Å²) >= 11 is 3.35. The van der Waals surface area contributed by atoms with Crippen LogP contribution in [0.2, 0.25) is 0 Å². The number of carbonyl (C=O) groups excluding carboxylic acids is 2. The van der Waals surface area contributed by atoms with E-state index >= 15 is 0 Å². The monoisotopic (exact) mass is 454 g/mol. The van der Waals surface area contributed by atoms with E-state index in [1.54, 1.807) is 47.4 Å². The van der Waals surface area contributed by atoms with Crippen LogP contribution < -0.4 is 10.6 Å². The highest BCUT2D eigenvalue weighted by atomic mass is 32.2. The van der Waals surface area contributed by atoms with Crippen LogP contribution in [0.3, 0.4) is 0 Å². The third-order valence-corrected chi connectivity index (χ3v) is 6.60. The van der Waals surface area contributed by atoms with Crippen LogP contribution in [0, 0.1) is 0 Å². The summed E-state index contributed by atoms with van der Waals surface area (Å²) in [4.78, 5) is 27.5. The molecule has 31 heavy (non-hydrogen) atoms. The lowest BCUT2D eigenvalue weighted by Gasteiger charge is -2.11. The molecule has 1 aromatic heterocycles. The molecule has 0 atom stereocenters. The van der Waals surface area contributed by atoms with Gasteiger partial charge in [0.1, 0.15) is 0 Å². The number of amides is 2. The van der Waals surface area contributed by atoms with Crippen molar-refractivity contribution in [3.05, 3.63) is 82.0 Å². The highest BCUT2D eigenvalue weighted by Gasteiger charge is 2.13. The first-order valence-electron chi connectivity index (χ1n) is 10.2. The molecule has 2 aromatic carbocycles. The van der Waals surface area contributed by atoms with Gasteiger partial charge in [0, 0.05) is 46.5 Å². The summed E-state index contributed by atoms with van der Waals surface area (Å²) in [7, 11) is 0. The number of carbonyl (C=O) groups is 2. The Labute approximate surface area is 191 Å². The molecule has 0 fully saturated rings. The molecule has 1 heterocycles. The van der Waals surface area contributed by atoms with Crippen molar-refractivity contribution in [3.63, 3.8) is 0 Å². The summed E-state index contributed by atoms with van der Waals surface area (Å²) in [6, 6.07) is 18.7. The van der Waals surface area contributed by atoms with Crippen molar-refractivity contribution in [3.8, 4) is 0 Å². The Balaban J connectivity index is 1.60. The smallest absolute Gasteiger partial charge is 0.256 e. The van der Waals surface area contributed by atoms with Gasteiger partial charge >= 0.3 is 0 Å². The van der Waals surface area contributed by atoms with Gasteiger partial charge in [0.05, 0.1) is 5.56 Å². The van der Waals surface area contributed by atoms with E-state index in [0.29, 0.717) is 36.6 Å². The number of thiophene rings is 1. The molecule has 2 N–H and O–H groups in total. The largest absolute Gasteiger partial charge is 0.382 e. The summed E-state index contributed by atoms with van der Waals surface area (Å²) in [6.45, 7) is 3.78. The highest BCUT2D eigenvalue weighted by molar-refractivity contribution is 7.98. The predicted octanol–water partition coefficient (Wildman–Crippen LogP) is 5.45. The van der Waals surface area contributed by atoms with E-state index in [-0.39, 0.29) is 11.8 Å². The third-order valence-electron chi connectivity index (χ3n) is 4.42. The second kappa shape index (κ2) is 12.3. The molecule has 0 aliphatic heterocycles. The average molecular weight is 455 g/mol. The summed E-state index contributed by atoms with van der Waals surface area (Å²) < 4.78 is 5.27. The van der Waals surface area contributed by atoms with E-state index in [4.69, 9.17) is 4.74 Å². The number of hydrogen-bond donors (Lipinski definition) is 2. The van der Waals surface area contributed by atoms with E-state index in [1.165, 1.54) is 4.88 Å². The minimum Gasteiger partial charge on any atom is -0.382 e. The Morgan fingerprint density at radius 1 is 1.03 bits per heavy atom. The molecular formula is C24H26N2O3S2. The molecule has 0 radical (unpaired) electrons. The maximum atomic E-state index is 12.9. The Hall–Kier alpha value is -2.61. The van der Waals surface area contributed by atoms with Crippen molar-refractivity contribution in [2.45, 2.75) is 24.0 Å². The van der Waals surface area contributed by atoms with Gasteiger partial charge in [0.25, 0.3) is 11.8 Å². The molecule has 2 amide bonds. The molecule has 0 spiro atoms. The molecule has 0 bridgehead atoms. The fourth-order valence-corrected chi connectivity index (χ4v) is 4.71. The summed E-state index contributed by atoms with van der Waals surface area (Å²) in [5, 5.41) is 7.85. The zero-order chi connectivity index (χ0) is 21.9. The maximum Gasteiger partial charge on any atom is 0.256 e. The van der Waals surface area contributed by atoms with E-state index < -0.39 is 0 Å². The minimum absolute atomic E-state index is 0.167. The molecule has 0 aliphatic carbocycles. The molecule has 5 nitrogen and oxygen atoms in total. The summed E-state index contributed by atoms with van der Waals surface area (Å²) in [6.07, 6.45) is 0.760. The normalized spacial score (nSPS) is 10.6. The average Bonchev–Trinajstić information content (AvgIpc) is 3.31. The maximum absolute atomic E-state index is 12.9. The molecule has 3 aromatic rings. The number of benzene rings is 2. The van der Waals surface area contributed by atoms with Crippen molar-refractivity contribution in [1.29, 1.82) is 0 Å². The van der Waals surface area contributed by atoms with Gasteiger partial charge in [-0.05, 0) is 55.1 Å². The molecule has 0 aliphatic rings. The molecule has 0 unspecified atom stereocenters. The van der Waals surface area contributed by atoms with Gasteiger partial charge in [-0.15, -0.1) is 23.1 Å². The number of ether oxygens (including phenoxy) is 1. The van der Waals surface area contributed by atoms with E-state index in [2.05, 4.69) is 22.1 Å². The molecule has 0 saturated heterocycles. The first kappa shape index (κ1) is 23.1. The standard InChI is InChI=1S/C24H26N2O3S2/c1-2-29-14-7-13-25-23(27)18-8-5-9-19(16-18)26-24(28)21-11-3-4-12-22(21)31-17-20-10-6-15-30-20/h3-6,8-12,15-16H,2,7,13-14,17H2,1H3,(H,25,27)(H,26,28). The Bertz CT molecular complexity index is 990. The van der Waals surface area contributed by atoms with Gasteiger partial charge in [-0.2, -0.15) is 0 Å². The second-order valence-electron chi connectivity index (χ2n) is 6.71. The van der Waals surface area contributed by atoms with E-state index in [1.807, 2.05) is 37.3 Å². The van der Waals surface area contributed by atoms with Crippen LogP contribution in [0.25, 0.3) is 0 Å². The van der Waals surface area contributed by atoms with Crippen LogP contribution in [-0.4, -0.2) is 31.6 Å². The van der Waals surface area contributed by atoms with Gasteiger partial charge in [-0.1, -0.05) is 24.3 Å². The van der Waals surface area contributed by atoms with Gasteiger partial charge < -0.3 is 15.4 Å². The Morgan fingerprint density at radius 2 is 1.90 bits per heavy atom. The second-order valence-corrected chi connectivity index (χ2v) is 8.75. The van der Waals surface area contributed by atoms with Crippen molar-refractivity contribution in [1.82, 2.24) is 5.32 Å². The minimum atomic E-state index is -0.191. The number of nitrogens with one attached hydrogen (secondary N) is 2. The number of anilines is 1. The fraction of sp³-hybridized carbons (Fsp3) is 0.250. The molecule has 162 valence electrons. The summed E-state index contributed by atoms with van der Waals surface area (Å²) in [5.74, 6) is 0.462. The van der Waals surface area contributed by atoms with Crippen molar-refractivity contribution < 1.29 is 14.3 Å². The first-order valence-corrected chi connectivity index (χ1v) is 12.1. The quantitative estimate of drug-likeness (QED) is 0.299. The lowest BCUT2D eigenvalue weighted by Crippen LogP contribution is -2.25. The van der Waals surface area contributed by atoms with Gasteiger partial charge in [-0.3, -0.25) is 9.59 Å². The number of thioether (sulfide) groups is 1. The first-order chi connectivity index (χ1) is 15.2. The molecule has 0 saturated carbocycles. The molecular weight excluding hydrogens is 428 g/mol. The van der Waals surface area contributed by atoms with Gasteiger partial charge in [-0.25, -0.2) is 0 Å². The van der Waals surface area contributed by atoms with Gasteiger partial charge in [0.15, 0.2) is 0 Å². The van der Waals surface area contributed by atoms with Crippen molar-refractivity contribution in [2.24, 2.45) is 0 Å². The predicted molar refractivity (Wildman–Crippen MR) is 128 cm³/mol. The number of rotatable bonds is 11. The zero-order valence-corrected chi connectivity index (χ0v) is 19.1. The topological polar surface area (TPSA) is 67.4 Å².